The molecule has 0 spiro atoms. The zero-order chi connectivity index (χ0) is 25.4. The van der Waals surface area contributed by atoms with E-state index in [9.17, 15) is 24.9 Å². The Hall–Kier alpha value is -1.32. The van der Waals surface area contributed by atoms with Crippen molar-refractivity contribution in [2.45, 2.75) is 108 Å². The molecule has 0 aromatic carbocycles. The van der Waals surface area contributed by atoms with Crippen LogP contribution in [0.1, 0.15) is 67.7 Å². The maximum absolute atomic E-state index is 13.8. The summed E-state index contributed by atoms with van der Waals surface area (Å²) in [6, 6.07) is 0. The summed E-state index contributed by atoms with van der Waals surface area (Å²) in [6.45, 7) is 15.5. The Kier molecular flexibility index (Phi) is 6.04. The third-order valence-electron chi connectivity index (χ3n) is 8.96. The van der Waals surface area contributed by atoms with Gasteiger partial charge < -0.3 is 29.5 Å². The van der Waals surface area contributed by atoms with Gasteiger partial charge in [-0.25, -0.2) is 4.79 Å². The van der Waals surface area contributed by atoms with E-state index in [1.54, 1.807) is 13.8 Å². The van der Waals surface area contributed by atoms with Crippen LogP contribution in [0.15, 0.2) is 12.7 Å². The summed E-state index contributed by atoms with van der Waals surface area (Å²) in [5.41, 5.74) is -8.66. The molecule has 33 heavy (non-hydrogen) atoms. The molecule has 0 aromatic heterocycles. The molecule has 0 aromatic rings. The maximum Gasteiger partial charge on any atom is 0.338 e. The lowest BCUT2D eigenvalue weighted by atomic mass is 9.40. The summed E-state index contributed by atoms with van der Waals surface area (Å²) in [5.74, 6) is -2.07. The van der Waals surface area contributed by atoms with E-state index in [-0.39, 0.29) is 6.42 Å². The lowest BCUT2D eigenvalue weighted by Crippen LogP contribution is -2.86. The Morgan fingerprint density at radius 1 is 1.21 bits per heavy atom. The topological polar surface area (TPSA) is 123 Å². The summed E-state index contributed by atoms with van der Waals surface area (Å²) in [5, 5.41) is 35.4. The highest BCUT2D eigenvalue weighted by molar-refractivity contribution is 5.92. The Labute approximate surface area is 196 Å². The van der Waals surface area contributed by atoms with Gasteiger partial charge in [0.15, 0.2) is 23.1 Å². The van der Waals surface area contributed by atoms with Crippen molar-refractivity contribution in [3.8, 4) is 0 Å². The Balaban J connectivity index is 2.29. The second kappa shape index (κ2) is 7.59. The number of aliphatic hydroxyl groups is 3. The van der Waals surface area contributed by atoms with Gasteiger partial charge in [-0.15, -0.1) is 6.58 Å². The molecule has 188 valence electrons. The van der Waals surface area contributed by atoms with Gasteiger partial charge in [-0.2, -0.15) is 0 Å². The minimum atomic E-state index is -2.24. The number of Topliss-reactive ketones (excluding diaryl/α,β-unsaturated/α-hetero) is 1. The monoisotopic (exact) mass is 468 g/mol. The highest BCUT2D eigenvalue weighted by Gasteiger charge is 2.81. The third-order valence-corrected chi connectivity index (χ3v) is 8.96. The van der Waals surface area contributed by atoms with E-state index >= 15 is 0 Å². The second-order valence-electron chi connectivity index (χ2n) is 11.9. The Morgan fingerprint density at radius 2 is 1.79 bits per heavy atom. The maximum atomic E-state index is 13.8. The van der Waals surface area contributed by atoms with Crippen LogP contribution >= 0.6 is 0 Å². The molecule has 0 unspecified atom stereocenters. The van der Waals surface area contributed by atoms with E-state index in [0.29, 0.717) is 12.8 Å². The van der Waals surface area contributed by atoms with E-state index in [0.717, 1.165) is 0 Å². The predicted molar refractivity (Wildman–Crippen MR) is 120 cm³/mol. The molecular weight excluding hydrogens is 428 g/mol. The Bertz CT molecular complexity index is 851. The van der Waals surface area contributed by atoms with Crippen molar-refractivity contribution in [3.63, 3.8) is 0 Å². The third kappa shape index (κ3) is 3.28. The molecule has 2 saturated carbocycles. The van der Waals surface area contributed by atoms with Gasteiger partial charge in [0.1, 0.15) is 5.60 Å². The van der Waals surface area contributed by atoms with E-state index in [4.69, 9.17) is 14.2 Å². The highest BCUT2D eigenvalue weighted by Crippen LogP contribution is 2.67. The number of hydrogen-bond acceptors (Lipinski definition) is 8. The average molecular weight is 469 g/mol. The van der Waals surface area contributed by atoms with Crippen LogP contribution < -0.4 is 0 Å². The summed E-state index contributed by atoms with van der Waals surface area (Å²) in [4.78, 5) is 26.9. The molecule has 1 aliphatic heterocycles. The molecule has 8 nitrogen and oxygen atoms in total. The van der Waals surface area contributed by atoms with Crippen molar-refractivity contribution in [1.82, 2.24) is 0 Å². The highest BCUT2D eigenvalue weighted by atomic mass is 16.6. The molecule has 1 heterocycles. The fourth-order valence-corrected chi connectivity index (χ4v) is 6.82. The van der Waals surface area contributed by atoms with Crippen LogP contribution in [0, 0.1) is 16.7 Å². The lowest BCUT2D eigenvalue weighted by Gasteiger charge is -2.71. The second-order valence-corrected chi connectivity index (χ2v) is 11.9. The van der Waals surface area contributed by atoms with Crippen molar-refractivity contribution in [2.75, 3.05) is 7.11 Å². The zero-order valence-corrected chi connectivity index (χ0v) is 21.1. The summed E-state index contributed by atoms with van der Waals surface area (Å²) in [7, 11) is 1.36. The largest absolute Gasteiger partial charge is 0.454 e. The fourth-order valence-electron chi connectivity index (χ4n) is 6.82. The van der Waals surface area contributed by atoms with Crippen LogP contribution in [0.3, 0.4) is 0 Å². The van der Waals surface area contributed by atoms with Gasteiger partial charge in [-0.05, 0) is 46.0 Å². The SMILES string of the molecule is C=C[C@@]1(C)CC(=O)[C@]2(O)[C@@]3(C)[C@@H](O)CCC(C)(C)[C@@H]3[C@H](O)[C@H](OC(=O)C(C)(C)OC)[C@@]2(C)O1. The molecule has 0 bridgehead atoms. The van der Waals surface area contributed by atoms with Gasteiger partial charge in [0.2, 0.25) is 0 Å². The first kappa shape index (κ1) is 26.3. The van der Waals surface area contributed by atoms with E-state index in [2.05, 4.69) is 6.58 Å². The number of esters is 1. The fraction of sp³-hybridized carbons (Fsp3) is 0.840. The zero-order valence-electron chi connectivity index (χ0n) is 21.1. The van der Waals surface area contributed by atoms with Crippen LogP contribution in [0.25, 0.3) is 0 Å². The number of carbonyl (C=O) groups excluding carboxylic acids is 2. The van der Waals surface area contributed by atoms with Crippen LogP contribution in [0.2, 0.25) is 0 Å². The smallest absolute Gasteiger partial charge is 0.338 e. The molecule has 2 aliphatic carbocycles. The number of ether oxygens (including phenoxy) is 3. The lowest BCUT2D eigenvalue weighted by molar-refractivity contribution is -0.371. The minimum absolute atomic E-state index is 0.168. The molecule has 8 atom stereocenters. The number of fused-ring (bicyclic) bond motifs is 3. The van der Waals surface area contributed by atoms with E-state index in [1.807, 2.05) is 13.8 Å². The van der Waals surface area contributed by atoms with Crippen LogP contribution in [-0.2, 0) is 23.8 Å². The normalized spacial score (nSPS) is 47.3. The Morgan fingerprint density at radius 3 is 2.30 bits per heavy atom. The first-order valence-corrected chi connectivity index (χ1v) is 11.6. The van der Waals surface area contributed by atoms with Gasteiger partial charge >= 0.3 is 5.97 Å². The van der Waals surface area contributed by atoms with Crippen molar-refractivity contribution in [2.24, 2.45) is 16.7 Å². The van der Waals surface area contributed by atoms with E-state index in [1.165, 1.54) is 34.0 Å². The van der Waals surface area contributed by atoms with Crippen molar-refractivity contribution in [3.05, 3.63) is 12.7 Å². The summed E-state index contributed by atoms with van der Waals surface area (Å²) < 4.78 is 17.5. The van der Waals surface area contributed by atoms with Crippen LogP contribution in [-0.4, -0.2) is 74.9 Å². The van der Waals surface area contributed by atoms with Gasteiger partial charge in [0.05, 0.1) is 17.8 Å². The number of ketones is 1. The molecule has 0 amide bonds. The molecule has 1 saturated heterocycles. The van der Waals surface area contributed by atoms with Crippen molar-refractivity contribution >= 4 is 11.8 Å². The molecule has 3 N–H and O–H groups in total. The molecule has 3 fully saturated rings. The first-order valence-electron chi connectivity index (χ1n) is 11.6. The summed E-state index contributed by atoms with van der Waals surface area (Å²) >= 11 is 0. The van der Waals surface area contributed by atoms with E-state index < -0.39 is 69.2 Å². The number of methoxy groups -OCH3 is 1. The average Bonchev–Trinajstić information content (AvgIpc) is 2.71. The first-order chi connectivity index (χ1) is 14.9. The van der Waals surface area contributed by atoms with Gasteiger partial charge in [0, 0.05) is 24.9 Å². The molecular formula is C25H40O8. The quantitative estimate of drug-likeness (QED) is 0.423. The summed E-state index contributed by atoms with van der Waals surface area (Å²) in [6.07, 6.45) is -1.62. The van der Waals surface area contributed by atoms with Gasteiger partial charge in [-0.1, -0.05) is 26.8 Å². The number of carbonyl (C=O) groups is 2. The molecule has 8 heteroatoms. The molecule has 3 aliphatic rings. The predicted octanol–water partition coefficient (Wildman–Crippen LogP) is 1.92. The molecule has 0 radical (unpaired) electrons. The van der Waals surface area contributed by atoms with Gasteiger partial charge in [0.25, 0.3) is 0 Å². The van der Waals surface area contributed by atoms with Crippen LogP contribution in [0.5, 0.6) is 0 Å². The molecule has 3 rings (SSSR count). The number of rotatable bonds is 4. The number of hydrogen-bond donors (Lipinski definition) is 3. The number of aliphatic hydroxyl groups excluding tert-OH is 2. The minimum Gasteiger partial charge on any atom is -0.454 e. The standard InChI is InChI=1S/C25H40O8/c1-10-22(6)13-15(27)25(30)23(7)14(26)11-12-20(2,3)17(23)16(28)18(24(25,8)33-22)32-19(29)21(4,5)31-9/h10,14,16-18,26,28,30H,1,11-13H2,2-9H3/t14-,16-,17-,18-,22-,23-,24+,25-/m0/s1. The van der Waals surface area contributed by atoms with Crippen molar-refractivity contribution < 1.29 is 39.1 Å². The van der Waals surface area contributed by atoms with Crippen molar-refractivity contribution in [1.29, 1.82) is 0 Å². The van der Waals surface area contributed by atoms with Gasteiger partial charge in [-0.3, -0.25) is 4.79 Å². The van der Waals surface area contributed by atoms with Crippen LogP contribution in [0.4, 0.5) is 0 Å².